The van der Waals surface area contributed by atoms with Crippen molar-refractivity contribution in [1.82, 2.24) is 4.90 Å². The molecule has 0 bridgehead atoms. The van der Waals surface area contributed by atoms with E-state index in [1.54, 1.807) is 23.1 Å². The van der Waals surface area contributed by atoms with Gasteiger partial charge in [0.2, 0.25) is 0 Å². The summed E-state index contributed by atoms with van der Waals surface area (Å²) in [7, 11) is 0. The van der Waals surface area contributed by atoms with Crippen molar-refractivity contribution >= 4 is 23.5 Å². The van der Waals surface area contributed by atoms with Gasteiger partial charge in [-0.1, -0.05) is 30.3 Å². The van der Waals surface area contributed by atoms with Crippen LogP contribution in [0.1, 0.15) is 28.8 Å². The maximum Gasteiger partial charge on any atom is 0.314 e. The first-order valence-electron chi connectivity index (χ1n) is 9.14. The summed E-state index contributed by atoms with van der Waals surface area (Å²) in [5.74, 6) is -0.776. The van der Waals surface area contributed by atoms with Gasteiger partial charge in [0, 0.05) is 18.7 Å². The average molecular weight is 380 g/mol. The van der Waals surface area contributed by atoms with Crippen LogP contribution < -0.4 is 10.1 Å². The van der Waals surface area contributed by atoms with Crippen molar-refractivity contribution in [3.8, 4) is 5.75 Å². The first-order chi connectivity index (χ1) is 13.5. The van der Waals surface area contributed by atoms with E-state index >= 15 is 0 Å². The lowest BCUT2D eigenvalue weighted by Gasteiger charge is -2.39. The Bertz CT molecular complexity index is 933. The molecule has 0 saturated carbocycles. The van der Waals surface area contributed by atoms with Gasteiger partial charge in [-0.05, 0) is 36.6 Å². The molecule has 0 unspecified atom stereocenters. The fraction of sp³-hybridized carbons (Fsp3) is 0.286. The molecule has 1 saturated heterocycles. The monoisotopic (exact) mass is 380 g/mol. The van der Waals surface area contributed by atoms with Gasteiger partial charge in [-0.2, -0.15) is 0 Å². The maximum absolute atomic E-state index is 12.9. The van der Waals surface area contributed by atoms with Crippen LogP contribution in [0.5, 0.6) is 5.75 Å². The number of carboxylic acids is 1. The number of nitrogens with one attached hydrogen (secondary N) is 1. The average Bonchev–Trinajstić information content (AvgIpc) is 2.73. The summed E-state index contributed by atoms with van der Waals surface area (Å²) < 4.78 is 5.32. The van der Waals surface area contributed by atoms with E-state index in [1.807, 2.05) is 30.3 Å². The Balaban J connectivity index is 1.52. The summed E-state index contributed by atoms with van der Waals surface area (Å²) in [4.78, 5) is 38.1. The standard InChI is InChI=1S/C21H20N2O5/c24-18-13-28-17-7-6-14(12-16(17)22-18)19(25)23-10-8-21(9-11-23,20(26)27)15-4-2-1-3-5-15/h1-7,12H,8-11,13H2,(H,22,24)(H,26,27). The third-order valence-corrected chi connectivity index (χ3v) is 5.50. The van der Waals surface area contributed by atoms with Crippen LogP contribution in [-0.2, 0) is 15.0 Å². The zero-order valence-electron chi connectivity index (χ0n) is 15.2. The summed E-state index contributed by atoms with van der Waals surface area (Å²) in [5.41, 5.74) is 0.703. The Labute approximate surface area is 161 Å². The van der Waals surface area contributed by atoms with Gasteiger partial charge in [0.25, 0.3) is 11.8 Å². The molecule has 2 N–H and O–H groups in total. The van der Waals surface area contributed by atoms with Gasteiger partial charge >= 0.3 is 5.97 Å². The summed E-state index contributed by atoms with van der Waals surface area (Å²) >= 11 is 0. The van der Waals surface area contributed by atoms with Crippen LogP contribution in [0.2, 0.25) is 0 Å². The number of carbonyl (C=O) groups excluding carboxylic acids is 2. The minimum absolute atomic E-state index is 0.0385. The number of aliphatic carboxylic acids is 1. The first kappa shape index (κ1) is 18.0. The van der Waals surface area contributed by atoms with Crippen molar-refractivity contribution in [3.63, 3.8) is 0 Å². The highest BCUT2D eigenvalue weighted by atomic mass is 16.5. The molecule has 2 aromatic rings. The lowest BCUT2D eigenvalue weighted by atomic mass is 9.72. The fourth-order valence-electron chi connectivity index (χ4n) is 3.87. The number of ether oxygens (including phenoxy) is 1. The Morgan fingerprint density at radius 2 is 1.79 bits per heavy atom. The summed E-state index contributed by atoms with van der Waals surface area (Å²) in [6.45, 7) is 0.656. The van der Waals surface area contributed by atoms with Crippen molar-refractivity contribution in [2.24, 2.45) is 0 Å². The van der Waals surface area contributed by atoms with E-state index in [0.29, 0.717) is 42.9 Å². The molecule has 0 aliphatic carbocycles. The van der Waals surface area contributed by atoms with Crippen molar-refractivity contribution in [2.45, 2.75) is 18.3 Å². The second-order valence-electron chi connectivity index (χ2n) is 7.09. The fourth-order valence-corrected chi connectivity index (χ4v) is 3.87. The molecule has 2 aliphatic rings. The molecule has 7 heteroatoms. The van der Waals surface area contributed by atoms with Gasteiger partial charge in [-0.3, -0.25) is 14.4 Å². The number of benzene rings is 2. The van der Waals surface area contributed by atoms with Gasteiger partial charge in [0.1, 0.15) is 5.75 Å². The number of carboxylic acid groups (broad SMARTS) is 1. The smallest absolute Gasteiger partial charge is 0.314 e. The van der Waals surface area contributed by atoms with E-state index in [0.717, 1.165) is 5.56 Å². The summed E-state index contributed by atoms with van der Waals surface area (Å²) in [5, 5.41) is 12.6. The topological polar surface area (TPSA) is 95.9 Å². The SMILES string of the molecule is O=C1COc2ccc(C(=O)N3CCC(C(=O)O)(c4ccccc4)CC3)cc2N1. The van der Waals surface area contributed by atoms with Gasteiger partial charge in [0.15, 0.2) is 6.61 Å². The molecule has 28 heavy (non-hydrogen) atoms. The van der Waals surface area contributed by atoms with Crippen LogP contribution >= 0.6 is 0 Å². The third-order valence-electron chi connectivity index (χ3n) is 5.50. The number of carbonyl (C=O) groups is 3. The molecule has 144 valence electrons. The molecule has 2 aromatic carbocycles. The van der Waals surface area contributed by atoms with E-state index in [4.69, 9.17) is 4.74 Å². The van der Waals surface area contributed by atoms with Gasteiger partial charge < -0.3 is 20.1 Å². The molecule has 0 aromatic heterocycles. The van der Waals surface area contributed by atoms with Crippen molar-refractivity contribution < 1.29 is 24.2 Å². The van der Waals surface area contributed by atoms with Gasteiger partial charge in [-0.15, -0.1) is 0 Å². The van der Waals surface area contributed by atoms with Crippen LogP contribution in [0.15, 0.2) is 48.5 Å². The van der Waals surface area contributed by atoms with E-state index in [1.165, 1.54) is 0 Å². The summed E-state index contributed by atoms with van der Waals surface area (Å²) in [6.07, 6.45) is 0.700. The molecule has 7 nitrogen and oxygen atoms in total. The number of anilines is 1. The van der Waals surface area contributed by atoms with Crippen molar-refractivity contribution in [3.05, 3.63) is 59.7 Å². The molecule has 0 atom stereocenters. The molecule has 2 amide bonds. The number of fused-ring (bicyclic) bond motifs is 1. The molecule has 2 heterocycles. The van der Waals surface area contributed by atoms with Gasteiger partial charge in [-0.25, -0.2) is 0 Å². The highest BCUT2D eigenvalue weighted by molar-refractivity contribution is 6.00. The number of piperidine rings is 1. The Morgan fingerprint density at radius 1 is 1.07 bits per heavy atom. The number of amides is 2. The van der Waals surface area contributed by atoms with Crippen LogP contribution in [-0.4, -0.2) is 47.5 Å². The van der Waals surface area contributed by atoms with E-state index in [-0.39, 0.29) is 18.4 Å². The molecule has 2 aliphatic heterocycles. The summed E-state index contributed by atoms with van der Waals surface area (Å²) in [6, 6.07) is 14.1. The Hall–Kier alpha value is -3.35. The number of nitrogens with zero attached hydrogens (tertiary/aromatic N) is 1. The van der Waals surface area contributed by atoms with Gasteiger partial charge in [0.05, 0.1) is 11.1 Å². The quantitative estimate of drug-likeness (QED) is 0.852. The van der Waals surface area contributed by atoms with Crippen LogP contribution in [0, 0.1) is 0 Å². The van der Waals surface area contributed by atoms with Crippen molar-refractivity contribution in [1.29, 1.82) is 0 Å². The third kappa shape index (κ3) is 3.09. The second-order valence-corrected chi connectivity index (χ2v) is 7.09. The van der Waals surface area contributed by atoms with Crippen molar-refractivity contribution in [2.75, 3.05) is 25.0 Å². The predicted molar refractivity (Wildman–Crippen MR) is 101 cm³/mol. The molecule has 1 fully saturated rings. The zero-order valence-corrected chi connectivity index (χ0v) is 15.2. The normalized spacial score (nSPS) is 17.9. The first-order valence-corrected chi connectivity index (χ1v) is 9.14. The number of hydrogen-bond acceptors (Lipinski definition) is 4. The Morgan fingerprint density at radius 3 is 2.46 bits per heavy atom. The lowest BCUT2D eigenvalue weighted by Crippen LogP contribution is -2.49. The van der Waals surface area contributed by atoms with Crippen LogP contribution in [0.4, 0.5) is 5.69 Å². The number of hydrogen-bond donors (Lipinski definition) is 2. The zero-order chi connectivity index (χ0) is 19.7. The maximum atomic E-state index is 12.9. The van der Waals surface area contributed by atoms with E-state index in [9.17, 15) is 19.5 Å². The molecule has 0 spiro atoms. The highest BCUT2D eigenvalue weighted by Crippen LogP contribution is 2.36. The lowest BCUT2D eigenvalue weighted by molar-refractivity contribution is -0.145. The minimum atomic E-state index is -0.976. The van der Waals surface area contributed by atoms with E-state index in [2.05, 4.69) is 5.32 Å². The van der Waals surface area contributed by atoms with E-state index < -0.39 is 11.4 Å². The predicted octanol–water partition coefficient (Wildman–Crippen LogP) is 2.28. The molecular weight excluding hydrogens is 360 g/mol. The highest BCUT2D eigenvalue weighted by Gasteiger charge is 2.44. The molecular formula is C21H20N2O5. The molecule has 4 rings (SSSR count). The number of rotatable bonds is 3. The Kier molecular flexibility index (Phi) is 4.50. The second kappa shape index (κ2) is 6.99. The number of likely N-dealkylation sites (tertiary alicyclic amines) is 1. The largest absolute Gasteiger partial charge is 0.482 e. The molecule has 0 radical (unpaired) electrons. The minimum Gasteiger partial charge on any atom is -0.482 e. The van der Waals surface area contributed by atoms with Crippen LogP contribution in [0.25, 0.3) is 0 Å². The van der Waals surface area contributed by atoms with Crippen LogP contribution in [0.3, 0.4) is 0 Å².